The van der Waals surface area contributed by atoms with E-state index in [1.807, 2.05) is 17.8 Å². The summed E-state index contributed by atoms with van der Waals surface area (Å²) in [6.45, 7) is 5.30. The SMILES string of the molecule is CCOC(=O)c1nnn(Cc2cnn(CC)c2)c1CCl. The summed E-state index contributed by atoms with van der Waals surface area (Å²) in [5.74, 6) is -0.359. The van der Waals surface area contributed by atoms with Crippen molar-refractivity contribution >= 4 is 17.6 Å². The third-order valence-electron chi connectivity index (χ3n) is 2.78. The van der Waals surface area contributed by atoms with Crippen LogP contribution < -0.4 is 0 Å². The Morgan fingerprint density at radius 1 is 1.45 bits per heavy atom. The van der Waals surface area contributed by atoms with E-state index in [4.69, 9.17) is 16.3 Å². The van der Waals surface area contributed by atoms with Gasteiger partial charge >= 0.3 is 5.97 Å². The lowest BCUT2D eigenvalue weighted by molar-refractivity contribution is 0.0518. The number of nitrogens with zero attached hydrogens (tertiary/aromatic N) is 5. The highest BCUT2D eigenvalue weighted by molar-refractivity contribution is 6.17. The first-order valence-electron chi connectivity index (χ1n) is 6.36. The van der Waals surface area contributed by atoms with Gasteiger partial charge in [-0.05, 0) is 13.8 Å². The first-order valence-corrected chi connectivity index (χ1v) is 6.89. The summed E-state index contributed by atoms with van der Waals surface area (Å²) in [6.07, 6.45) is 3.68. The molecule has 0 spiro atoms. The summed E-state index contributed by atoms with van der Waals surface area (Å²) in [5.41, 5.74) is 1.69. The molecular formula is C12H16ClN5O2. The van der Waals surface area contributed by atoms with E-state index in [2.05, 4.69) is 15.4 Å². The van der Waals surface area contributed by atoms with Crippen LogP contribution in [0, 0.1) is 0 Å². The maximum Gasteiger partial charge on any atom is 0.360 e. The fraction of sp³-hybridized carbons (Fsp3) is 0.500. The molecule has 20 heavy (non-hydrogen) atoms. The molecular weight excluding hydrogens is 282 g/mol. The third-order valence-corrected chi connectivity index (χ3v) is 3.03. The van der Waals surface area contributed by atoms with E-state index in [0.29, 0.717) is 12.2 Å². The topological polar surface area (TPSA) is 74.8 Å². The quantitative estimate of drug-likeness (QED) is 0.596. The first-order chi connectivity index (χ1) is 9.69. The van der Waals surface area contributed by atoms with Gasteiger partial charge in [0.05, 0.1) is 30.9 Å². The molecule has 0 aromatic carbocycles. The number of carbonyl (C=O) groups is 1. The van der Waals surface area contributed by atoms with E-state index < -0.39 is 5.97 Å². The minimum absolute atomic E-state index is 0.142. The number of aryl methyl sites for hydroxylation is 1. The summed E-state index contributed by atoms with van der Waals surface area (Å²) >= 11 is 5.89. The van der Waals surface area contributed by atoms with Gasteiger partial charge < -0.3 is 4.74 Å². The number of hydrogen-bond acceptors (Lipinski definition) is 5. The molecule has 0 N–H and O–H groups in total. The molecule has 0 aliphatic rings. The van der Waals surface area contributed by atoms with Crippen LogP contribution in [0.4, 0.5) is 0 Å². The number of esters is 1. The Bertz CT molecular complexity index is 592. The Labute approximate surface area is 121 Å². The van der Waals surface area contributed by atoms with Crippen LogP contribution in [0.1, 0.15) is 35.6 Å². The van der Waals surface area contributed by atoms with Crippen molar-refractivity contribution in [3.05, 3.63) is 29.3 Å². The van der Waals surface area contributed by atoms with E-state index >= 15 is 0 Å². The van der Waals surface area contributed by atoms with Crippen LogP contribution in [-0.2, 0) is 23.7 Å². The number of ether oxygens (including phenoxy) is 1. The van der Waals surface area contributed by atoms with Crippen LogP contribution in [0.25, 0.3) is 0 Å². The zero-order chi connectivity index (χ0) is 14.5. The Hall–Kier alpha value is -1.89. The fourth-order valence-corrected chi connectivity index (χ4v) is 2.05. The summed E-state index contributed by atoms with van der Waals surface area (Å²) in [7, 11) is 0. The lowest BCUT2D eigenvalue weighted by Crippen LogP contribution is -2.10. The Morgan fingerprint density at radius 3 is 2.85 bits per heavy atom. The van der Waals surface area contributed by atoms with Crippen molar-refractivity contribution in [2.24, 2.45) is 0 Å². The number of carbonyl (C=O) groups excluding carboxylic acids is 1. The van der Waals surface area contributed by atoms with Gasteiger partial charge in [-0.1, -0.05) is 5.21 Å². The number of rotatable bonds is 6. The van der Waals surface area contributed by atoms with Crippen molar-refractivity contribution < 1.29 is 9.53 Å². The van der Waals surface area contributed by atoms with Crippen LogP contribution in [0.2, 0.25) is 0 Å². The molecule has 108 valence electrons. The lowest BCUT2D eigenvalue weighted by atomic mass is 10.3. The second-order valence-electron chi connectivity index (χ2n) is 4.10. The molecule has 2 rings (SSSR count). The highest BCUT2D eigenvalue weighted by atomic mass is 35.5. The van der Waals surface area contributed by atoms with Crippen molar-refractivity contribution in [3.63, 3.8) is 0 Å². The Balaban J connectivity index is 2.21. The summed E-state index contributed by atoms with van der Waals surface area (Å²) in [4.78, 5) is 11.7. The van der Waals surface area contributed by atoms with Crippen molar-refractivity contribution in [3.8, 4) is 0 Å². The molecule has 0 saturated heterocycles. The van der Waals surface area contributed by atoms with Gasteiger partial charge in [-0.3, -0.25) is 4.68 Å². The Morgan fingerprint density at radius 2 is 2.25 bits per heavy atom. The Kier molecular flexibility index (Phi) is 4.73. The molecule has 0 bridgehead atoms. The zero-order valence-corrected chi connectivity index (χ0v) is 12.2. The highest BCUT2D eigenvalue weighted by Gasteiger charge is 2.20. The van der Waals surface area contributed by atoms with E-state index in [1.165, 1.54) is 0 Å². The molecule has 0 aliphatic carbocycles. The largest absolute Gasteiger partial charge is 0.461 e. The fourth-order valence-electron chi connectivity index (χ4n) is 1.78. The molecule has 0 radical (unpaired) electrons. The predicted octanol–water partition coefficient (Wildman–Crippen LogP) is 1.46. The van der Waals surface area contributed by atoms with Crippen LogP contribution in [-0.4, -0.2) is 37.4 Å². The molecule has 2 aromatic heterocycles. The van der Waals surface area contributed by atoms with E-state index in [-0.39, 0.29) is 18.2 Å². The molecule has 0 atom stereocenters. The van der Waals surface area contributed by atoms with Gasteiger partial charge in [-0.15, -0.1) is 16.7 Å². The molecule has 2 heterocycles. The van der Waals surface area contributed by atoms with E-state index in [9.17, 15) is 4.79 Å². The van der Waals surface area contributed by atoms with Crippen LogP contribution in [0.5, 0.6) is 0 Å². The van der Waals surface area contributed by atoms with Gasteiger partial charge in [0.15, 0.2) is 5.69 Å². The van der Waals surface area contributed by atoms with Crippen LogP contribution in [0.3, 0.4) is 0 Å². The molecule has 0 unspecified atom stereocenters. The lowest BCUT2D eigenvalue weighted by Gasteiger charge is -2.03. The molecule has 0 amide bonds. The van der Waals surface area contributed by atoms with Crippen molar-refractivity contribution in [1.82, 2.24) is 24.8 Å². The third kappa shape index (κ3) is 2.98. The van der Waals surface area contributed by atoms with Gasteiger partial charge in [-0.2, -0.15) is 5.10 Å². The smallest absolute Gasteiger partial charge is 0.360 e. The summed E-state index contributed by atoms with van der Waals surface area (Å²) in [5, 5.41) is 12.0. The maximum absolute atomic E-state index is 11.7. The average Bonchev–Trinajstić information content (AvgIpc) is 3.05. The molecule has 8 heteroatoms. The van der Waals surface area contributed by atoms with E-state index in [1.54, 1.807) is 17.8 Å². The van der Waals surface area contributed by atoms with Crippen molar-refractivity contribution in [1.29, 1.82) is 0 Å². The number of halogens is 1. The van der Waals surface area contributed by atoms with Crippen molar-refractivity contribution in [2.45, 2.75) is 32.8 Å². The van der Waals surface area contributed by atoms with Gasteiger partial charge in [0.1, 0.15) is 0 Å². The minimum Gasteiger partial charge on any atom is -0.461 e. The predicted molar refractivity (Wildman–Crippen MR) is 72.5 cm³/mol. The van der Waals surface area contributed by atoms with Gasteiger partial charge in [-0.25, -0.2) is 9.48 Å². The van der Waals surface area contributed by atoms with Gasteiger partial charge in [0.2, 0.25) is 0 Å². The van der Waals surface area contributed by atoms with Gasteiger partial charge in [0, 0.05) is 18.3 Å². The molecule has 2 aromatic rings. The zero-order valence-electron chi connectivity index (χ0n) is 11.4. The standard InChI is InChI=1S/C12H16ClN5O2/c1-3-17-7-9(6-14-17)8-18-10(5-13)11(15-16-18)12(19)20-4-2/h6-7H,3-5,8H2,1-2H3. The van der Waals surface area contributed by atoms with Crippen LogP contribution >= 0.6 is 11.6 Å². The molecule has 0 fully saturated rings. The molecule has 7 nitrogen and oxygen atoms in total. The highest BCUT2D eigenvalue weighted by Crippen LogP contribution is 2.12. The molecule has 0 saturated carbocycles. The average molecular weight is 298 g/mol. The van der Waals surface area contributed by atoms with Gasteiger partial charge in [0.25, 0.3) is 0 Å². The minimum atomic E-state index is -0.501. The number of aromatic nitrogens is 5. The first kappa shape index (κ1) is 14.5. The summed E-state index contributed by atoms with van der Waals surface area (Å²) in [6, 6.07) is 0. The van der Waals surface area contributed by atoms with Crippen molar-refractivity contribution in [2.75, 3.05) is 6.61 Å². The monoisotopic (exact) mass is 297 g/mol. The maximum atomic E-state index is 11.7. The normalized spacial score (nSPS) is 10.8. The number of hydrogen-bond donors (Lipinski definition) is 0. The summed E-state index contributed by atoms with van der Waals surface area (Å²) < 4.78 is 8.34. The molecule has 0 aliphatic heterocycles. The second kappa shape index (κ2) is 6.51. The number of alkyl halides is 1. The second-order valence-corrected chi connectivity index (χ2v) is 4.37. The van der Waals surface area contributed by atoms with E-state index in [0.717, 1.165) is 12.1 Å². The van der Waals surface area contributed by atoms with Crippen LogP contribution in [0.15, 0.2) is 12.4 Å².